The largest absolute Gasteiger partial charge is 0.416 e. The highest BCUT2D eigenvalue weighted by atomic mass is 32.1. The fraction of sp³-hybridized carbons (Fsp3) is 0.273. The van der Waals surface area contributed by atoms with Crippen molar-refractivity contribution >= 4 is 29.0 Å². The number of alkyl halides is 3. The molecule has 7 nitrogen and oxygen atoms in total. The molecule has 1 atom stereocenters. The maximum atomic E-state index is 12.7. The van der Waals surface area contributed by atoms with Crippen molar-refractivity contribution in [3.8, 4) is 10.6 Å². The highest BCUT2D eigenvalue weighted by molar-refractivity contribution is 7.13. The molecule has 0 aliphatic carbocycles. The van der Waals surface area contributed by atoms with Gasteiger partial charge in [-0.2, -0.15) is 13.2 Å². The number of pyridine rings is 1. The molecule has 1 aromatic carbocycles. The SMILES string of the molecule is CC(NC(=O)c1csc(-c2ccc(C(F)(F)F)cc2)n1)c1ccnc(NC(=O)C(C)(C)O)c1. The van der Waals surface area contributed by atoms with Gasteiger partial charge in [-0.1, -0.05) is 12.1 Å². The standard InChI is InChI=1S/C22H21F3N4O3S/c1-12(14-8-9-26-17(10-14)29-20(31)21(2,3)32)27-18(30)16-11-33-19(28-16)13-4-6-15(7-5-13)22(23,24)25/h4-12,32H,1-3H3,(H,27,30)(H,26,29,31). The van der Waals surface area contributed by atoms with Gasteiger partial charge in [-0.25, -0.2) is 9.97 Å². The molecule has 174 valence electrons. The number of anilines is 1. The van der Waals surface area contributed by atoms with E-state index in [-0.39, 0.29) is 11.5 Å². The second kappa shape index (κ2) is 9.28. The number of hydrogen-bond donors (Lipinski definition) is 3. The van der Waals surface area contributed by atoms with Crippen LogP contribution >= 0.6 is 11.3 Å². The summed E-state index contributed by atoms with van der Waals surface area (Å²) < 4.78 is 38.2. The van der Waals surface area contributed by atoms with Crippen LogP contribution in [0.1, 0.15) is 48.4 Å². The summed E-state index contributed by atoms with van der Waals surface area (Å²) >= 11 is 1.14. The number of amides is 2. The molecule has 3 rings (SSSR count). The van der Waals surface area contributed by atoms with Crippen LogP contribution in [0, 0.1) is 0 Å². The van der Waals surface area contributed by atoms with Crippen molar-refractivity contribution in [1.82, 2.24) is 15.3 Å². The van der Waals surface area contributed by atoms with Gasteiger partial charge in [0.15, 0.2) is 0 Å². The molecule has 33 heavy (non-hydrogen) atoms. The number of aliphatic hydroxyl groups is 1. The van der Waals surface area contributed by atoms with E-state index in [1.165, 1.54) is 37.6 Å². The van der Waals surface area contributed by atoms with Gasteiger partial charge in [-0.15, -0.1) is 11.3 Å². The van der Waals surface area contributed by atoms with E-state index in [2.05, 4.69) is 20.6 Å². The molecule has 3 N–H and O–H groups in total. The normalized spacial score (nSPS) is 12.8. The zero-order chi connectivity index (χ0) is 24.4. The molecule has 0 fully saturated rings. The van der Waals surface area contributed by atoms with Gasteiger partial charge in [-0.05, 0) is 50.6 Å². The highest BCUT2D eigenvalue weighted by Crippen LogP contribution is 2.31. The third-order valence-corrected chi connectivity index (χ3v) is 5.52. The van der Waals surface area contributed by atoms with Gasteiger partial charge in [0, 0.05) is 17.1 Å². The van der Waals surface area contributed by atoms with Crippen molar-refractivity contribution in [2.75, 3.05) is 5.32 Å². The molecule has 0 radical (unpaired) electrons. The Labute approximate surface area is 191 Å². The van der Waals surface area contributed by atoms with E-state index in [1.54, 1.807) is 19.1 Å². The van der Waals surface area contributed by atoms with Gasteiger partial charge in [0.05, 0.1) is 11.6 Å². The molecule has 0 bridgehead atoms. The number of nitrogens with zero attached hydrogens (tertiary/aromatic N) is 2. The minimum Gasteiger partial charge on any atom is -0.381 e. The first-order chi connectivity index (χ1) is 15.3. The van der Waals surface area contributed by atoms with Crippen molar-refractivity contribution in [3.05, 3.63) is 64.8 Å². The average Bonchev–Trinajstić information content (AvgIpc) is 3.23. The Hall–Kier alpha value is -3.31. The predicted octanol–water partition coefficient (Wildman–Crippen LogP) is 4.42. The van der Waals surface area contributed by atoms with Crippen molar-refractivity contribution in [3.63, 3.8) is 0 Å². The summed E-state index contributed by atoms with van der Waals surface area (Å²) in [4.78, 5) is 32.8. The molecular formula is C22H21F3N4O3S. The fourth-order valence-electron chi connectivity index (χ4n) is 2.72. The van der Waals surface area contributed by atoms with Gasteiger partial charge in [0.1, 0.15) is 22.1 Å². The van der Waals surface area contributed by atoms with Crippen LogP contribution < -0.4 is 10.6 Å². The number of carbonyl (C=O) groups excluding carboxylic acids is 2. The number of halogens is 3. The minimum atomic E-state index is -4.42. The van der Waals surface area contributed by atoms with Gasteiger partial charge < -0.3 is 15.7 Å². The predicted molar refractivity (Wildman–Crippen MR) is 118 cm³/mol. The summed E-state index contributed by atoms with van der Waals surface area (Å²) in [6, 6.07) is 7.34. The first kappa shape index (κ1) is 24.3. The summed E-state index contributed by atoms with van der Waals surface area (Å²) in [5.41, 5.74) is -1.08. The van der Waals surface area contributed by atoms with Crippen LogP contribution in [-0.2, 0) is 11.0 Å². The number of nitrogens with one attached hydrogen (secondary N) is 2. The Balaban J connectivity index is 1.68. The second-order valence-electron chi connectivity index (χ2n) is 7.80. The van der Waals surface area contributed by atoms with Crippen molar-refractivity contribution in [2.24, 2.45) is 0 Å². The Kier molecular flexibility index (Phi) is 6.84. The van der Waals surface area contributed by atoms with Crippen LogP contribution in [0.3, 0.4) is 0 Å². The number of benzene rings is 1. The first-order valence-electron chi connectivity index (χ1n) is 9.78. The first-order valence-corrected chi connectivity index (χ1v) is 10.7. The number of thiazole rings is 1. The Morgan fingerprint density at radius 1 is 1.12 bits per heavy atom. The molecule has 2 aromatic heterocycles. The number of carbonyl (C=O) groups is 2. The second-order valence-corrected chi connectivity index (χ2v) is 8.65. The van der Waals surface area contributed by atoms with E-state index in [9.17, 15) is 27.9 Å². The van der Waals surface area contributed by atoms with Gasteiger partial charge in [-0.3, -0.25) is 9.59 Å². The summed E-state index contributed by atoms with van der Waals surface area (Å²) in [6.45, 7) is 4.43. The third-order valence-electron chi connectivity index (χ3n) is 4.62. The van der Waals surface area contributed by atoms with Gasteiger partial charge >= 0.3 is 6.18 Å². The summed E-state index contributed by atoms with van der Waals surface area (Å²) in [6.07, 6.45) is -2.96. The third kappa shape index (κ3) is 6.14. The lowest BCUT2D eigenvalue weighted by Crippen LogP contribution is -2.37. The molecule has 0 spiro atoms. The highest BCUT2D eigenvalue weighted by Gasteiger charge is 2.30. The Morgan fingerprint density at radius 3 is 2.39 bits per heavy atom. The summed E-state index contributed by atoms with van der Waals surface area (Å²) in [5.74, 6) is -0.864. The van der Waals surface area contributed by atoms with E-state index >= 15 is 0 Å². The topological polar surface area (TPSA) is 104 Å². The number of rotatable bonds is 6. The zero-order valence-electron chi connectivity index (χ0n) is 17.9. The number of hydrogen-bond acceptors (Lipinski definition) is 6. The molecule has 0 saturated carbocycles. The summed E-state index contributed by atoms with van der Waals surface area (Å²) in [7, 11) is 0. The minimum absolute atomic E-state index is 0.131. The molecule has 1 unspecified atom stereocenters. The van der Waals surface area contributed by atoms with Crippen molar-refractivity contribution < 1.29 is 27.9 Å². The molecule has 0 saturated heterocycles. The fourth-order valence-corrected chi connectivity index (χ4v) is 3.53. The molecular weight excluding hydrogens is 457 g/mol. The molecule has 0 aliphatic rings. The van der Waals surface area contributed by atoms with Crippen LogP contribution in [0.15, 0.2) is 48.0 Å². The lowest BCUT2D eigenvalue weighted by atomic mass is 10.1. The molecule has 3 aromatic rings. The summed E-state index contributed by atoms with van der Waals surface area (Å²) in [5, 5.41) is 17.0. The molecule has 11 heteroatoms. The average molecular weight is 478 g/mol. The molecule has 2 amide bonds. The maximum absolute atomic E-state index is 12.7. The van der Waals surface area contributed by atoms with Crippen LogP contribution in [-0.4, -0.2) is 32.5 Å². The van der Waals surface area contributed by atoms with E-state index in [0.29, 0.717) is 16.1 Å². The lowest BCUT2D eigenvalue weighted by Gasteiger charge is -2.18. The van der Waals surface area contributed by atoms with Crippen LogP contribution in [0.25, 0.3) is 10.6 Å². The Bertz CT molecular complexity index is 1150. The van der Waals surface area contributed by atoms with Crippen molar-refractivity contribution in [1.29, 1.82) is 0 Å². The maximum Gasteiger partial charge on any atom is 0.416 e. The van der Waals surface area contributed by atoms with Crippen LogP contribution in [0.2, 0.25) is 0 Å². The van der Waals surface area contributed by atoms with Gasteiger partial charge in [0.25, 0.3) is 11.8 Å². The zero-order valence-corrected chi connectivity index (χ0v) is 18.7. The molecule has 0 aliphatic heterocycles. The van der Waals surface area contributed by atoms with E-state index in [0.717, 1.165) is 23.5 Å². The van der Waals surface area contributed by atoms with Crippen molar-refractivity contribution in [2.45, 2.75) is 38.6 Å². The van der Waals surface area contributed by atoms with E-state index < -0.39 is 35.2 Å². The van der Waals surface area contributed by atoms with Gasteiger partial charge in [0.2, 0.25) is 0 Å². The van der Waals surface area contributed by atoms with Crippen LogP contribution in [0.5, 0.6) is 0 Å². The monoisotopic (exact) mass is 478 g/mol. The van der Waals surface area contributed by atoms with Crippen LogP contribution in [0.4, 0.5) is 19.0 Å². The lowest BCUT2D eigenvalue weighted by molar-refractivity contribution is -0.137. The van der Waals surface area contributed by atoms with E-state index in [4.69, 9.17) is 0 Å². The smallest absolute Gasteiger partial charge is 0.381 e. The Morgan fingerprint density at radius 2 is 1.79 bits per heavy atom. The molecule has 2 heterocycles. The van der Waals surface area contributed by atoms with E-state index in [1.807, 2.05) is 0 Å². The quantitative estimate of drug-likeness (QED) is 0.487. The number of aromatic nitrogens is 2.